The second-order valence-electron chi connectivity index (χ2n) is 7.43. The Balaban J connectivity index is 1.47. The zero-order chi connectivity index (χ0) is 23.3. The highest BCUT2D eigenvalue weighted by molar-refractivity contribution is 7.89. The average molecular weight is 483 g/mol. The number of piperazine rings is 1. The van der Waals surface area contributed by atoms with Crippen molar-refractivity contribution in [2.75, 3.05) is 51.6 Å². The lowest BCUT2D eigenvalue weighted by Crippen LogP contribution is -2.52. The Morgan fingerprint density at radius 3 is 2.38 bits per heavy atom. The zero-order valence-electron chi connectivity index (χ0n) is 17.5. The molecule has 0 aliphatic carbocycles. The van der Waals surface area contributed by atoms with Crippen molar-refractivity contribution in [1.82, 2.24) is 14.1 Å². The SMILES string of the molecule is CN(CC(=O)N1CCN(CC(=O)Nc2cccc(F)c2)CC1)S(=O)(=O)c1ccc(Cl)cc1. The summed E-state index contributed by atoms with van der Waals surface area (Å²) in [6.45, 7) is 1.52. The van der Waals surface area contributed by atoms with Crippen LogP contribution in [-0.2, 0) is 19.6 Å². The van der Waals surface area contributed by atoms with Crippen LogP contribution in [0.25, 0.3) is 0 Å². The summed E-state index contributed by atoms with van der Waals surface area (Å²) >= 11 is 5.80. The molecular formula is C21H24ClFN4O4S. The standard InChI is InChI=1S/C21H24ClFN4O4S/c1-25(32(30,31)19-7-5-16(22)6-8-19)15-21(29)27-11-9-26(10-12-27)14-20(28)24-18-4-2-3-17(23)13-18/h2-8,13H,9-12,14-15H2,1H3,(H,24,28). The number of carbonyl (C=O) groups excluding carboxylic acids is 2. The second-order valence-corrected chi connectivity index (χ2v) is 9.91. The zero-order valence-corrected chi connectivity index (χ0v) is 19.1. The highest BCUT2D eigenvalue weighted by atomic mass is 35.5. The number of amides is 2. The van der Waals surface area contributed by atoms with Crippen LogP contribution < -0.4 is 5.32 Å². The number of halogens is 2. The molecule has 1 fully saturated rings. The third-order valence-corrected chi connectivity index (χ3v) is 7.15. The normalized spacial score (nSPS) is 15.1. The predicted molar refractivity (Wildman–Crippen MR) is 119 cm³/mol. The molecule has 3 rings (SSSR count). The van der Waals surface area contributed by atoms with Crippen LogP contribution in [0, 0.1) is 5.82 Å². The van der Waals surface area contributed by atoms with Crippen LogP contribution in [0.1, 0.15) is 0 Å². The van der Waals surface area contributed by atoms with Crippen LogP contribution in [-0.4, -0.2) is 80.7 Å². The van der Waals surface area contributed by atoms with Crippen LogP contribution in [0.4, 0.5) is 10.1 Å². The maximum atomic E-state index is 13.2. The largest absolute Gasteiger partial charge is 0.339 e. The summed E-state index contributed by atoms with van der Waals surface area (Å²) in [7, 11) is -2.46. The monoisotopic (exact) mass is 482 g/mol. The van der Waals surface area contributed by atoms with Crippen molar-refractivity contribution in [2.45, 2.75) is 4.90 Å². The van der Waals surface area contributed by atoms with Crippen LogP contribution in [0.3, 0.4) is 0 Å². The van der Waals surface area contributed by atoms with Crippen LogP contribution in [0.5, 0.6) is 0 Å². The second kappa shape index (κ2) is 10.4. The quantitative estimate of drug-likeness (QED) is 0.651. The molecule has 0 saturated carbocycles. The third-order valence-electron chi connectivity index (χ3n) is 5.08. The average Bonchev–Trinajstić information content (AvgIpc) is 2.74. The molecule has 2 amide bonds. The van der Waals surface area contributed by atoms with Gasteiger partial charge in [-0.3, -0.25) is 14.5 Å². The molecule has 0 aromatic heterocycles. The highest BCUT2D eigenvalue weighted by Crippen LogP contribution is 2.18. The molecule has 0 bridgehead atoms. The Morgan fingerprint density at radius 1 is 1.09 bits per heavy atom. The summed E-state index contributed by atoms with van der Waals surface area (Å²) in [6, 6.07) is 11.4. The van der Waals surface area contributed by atoms with E-state index in [9.17, 15) is 22.4 Å². The molecule has 11 heteroatoms. The molecule has 0 atom stereocenters. The molecule has 0 unspecified atom stereocenters. The number of carbonyl (C=O) groups is 2. The Labute approximate surface area is 191 Å². The van der Waals surface area contributed by atoms with E-state index in [1.807, 2.05) is 4.90 Å². The highest BCUT2D eigenvalue weighted by Gasteiger charge is 2.27. The first-order valence-corrected chi connectivity index (χ1v) is 11.7. The van der Waals surface area contributed by atoms with E-state index in [1.54, 1.807) is 11.0 Å². The summed E-state index contributed by atoms with van der Waals surface area (Å²) in [5, 5.41) is 3.06. The van der Waals surface area contributed by atoms with Crippen molar-refractivity contribution in [1.29, 1.82) is 0 Å². The van der Waals surface area contributed by atoms with Crippen LogP contribution >= 0.6 is 11.6 Å². The van der Waals surface area contributed by atoms with E-state index in [1.165, 1.54) is 49.5 Å². The van der Waals surface area contributed by atoms with Crippen molar-refractivity contribution in [2.24, 2.45) is 0 Å². The van der Waals surface area contributed by atoms with E-state index in [-0.39, 0.29) is 29.8 Å². The first-order chi connectivity index (χ1) is 15.1. The van der Waals surface area contributed by atoms with Gasteiger partial charge >= 0.3 is 0 Å². The number of rotatable bonds is 7. The smallest absolute Gasteiger partial charge is 0.243 e. The summed E-state index contributed by atoms with van der Waals surface area (Å²) in [4.78, 5) is 28.3. The van der Waals surface area contributed by atoms with Crippen LogP contribution in [0.2, 0.25) is 5.02 Å². The van der Waals surface area contributed by atoms with Crippen LogP contribution in [0.15, 0.2) is 53.4 Å². The van der Waals surface area contributed by atoms with Gasteiger partial charge in [-0.05, 0) is 42.5 Å². The van der Waals surface area contributed by atoms with Gasteiger partial charge in [0.2, 0.25) is 21.8 Å². The maximum absolute atomic E-state index is 13.2. The lowest BCUT2D eigenvalue weighted by molar-refractivity contribution is -0.133. The molecule has 0 spiro atoms. The topological polar surface area (TPSA) is 90.0 Å². The van der Waals surface area contributed by atoms with Gasteiger partial charge in [0.25, 0.3) is 0 Å². The van der Waals surface area contributed by atoms with Gasteiger partial charge in [0.1, 0.15) is 5.82 Å². The van der Waals surface area contributed by atoms with Gasteiger partial charge in [-0.1, -0.05) is 17.7 Å². The van der Waals surface area contributed by atoms with E-state index < -0.39 is 15.8 Å². The lowest BCUT2D eigenvalue weighted by atomic mass is 10.3. The number of hydrogen-bond acceptors (Lipinski definition) is 5. The van der Waals surface area contributed by atoms with Gasteiger partial charge in [-0.15, -0.1) is 0 Å². The third kappa shape index (κ3) is 6.26. The summed E-state index contributed by atoms with van der Waals surface area (Å²) in [5.41, 5.74) is 0.383. The van der Waals surface area contributed by atoms with E-state index in [0.29, 0.717) is 36.9 Å². The molecule has 2 aromatic rings. The van der Waals surface area contributed by atoms with Crippen molar-refractivity contribution in [3.63, 3.8) is 0 Å². The summed E-state index contributed by atoms with van der Waals surface area (Å²) < 4.78 is 39.5. The molecule has 2 aromatic carbocycles. The number of sulfonamides is 1. The number of likely N-dealkylation sites (N-methyl/N-ethyl adjacent to an activating group) is 1. The molecule has 8 nitrogen and oxygen atoms in total. The molecule has 1 heterocycles. The van der Waals surface area contributed by atoms with Gasteiger partial charge in [-0.2, -0.15) is 4.31 Å². The van der Waals surface area contributed by atoms with Gasteiger partial charge in [0.15, 0.2) is 0 Å². The first kappa shape index (κ1) is 24.1. The molecule has 32 heavy (non-hydrogen) atoms. The van der Waals surface area contributed by atoms with Gasteiger partial charge in [0, 0.05) is 43.9 Å². The molecule has 1 saturated heterocycles. The minimum absolute atomic E-state index is 0.0614. The van der Waals surface area contributed by atoms with E-state index in [4.69, 9.17) is 11.6 Å². The first-order valence-electron chi connectivity index (χ1n) is 9.92. The van der Waals surface area contributed by atoms with Crippen molar-refractivity contribution >= 4 is 39.1 Å². The van der Waals surface area contributed by atoms with E-state index in [2.05, 4.69) is 5.32 Å². The van der Waals surface area contributed by atoms with Gasteiger partial charge < -0.3 is 10.2 Å². The summed E-state index contributed by atoms with van der Waals surface area (Å²) in [6.07, 6.45) is 0. The number of benzene rings is 2. The van der Waals surface area contributed by atoms with Crippen molar-refractivity contribution < 1.29 is 22.4 Å². The number of anilines is 1. The molecule has 1 N–H and O–H groups in total. The van der Waals surface area contributed by atoms with Gasteiger partial charge in [-0.25, -0.2) is 12.8 Å². The minimum atomic E-state index is -3.81. The number of nitrogens with one attached hydrogen (secondary N) is 1. The minimum Gasteiger partial charge on any atom is -0.339 e. The van der Waals surface area contributed by atoms with Gasteiger partial charge in [0.05, 0.1) is 18.0 Å². The maximum Gasteiger partial charge on any atom is 0.243 e. The molecule has 0 radical (unpaired) electrons. The molecule has 172 valence electrons. The molecular weight excluding hydrogens is 459 g/mol. The fourth-order valence-electron chi connectivity index (χ4n) is 3.29. The number of hydrogen-bond donors (Lipinski definition) is 1. The predicted octanol–water partition coefficient (Wildman–Crippen LogP) is 1.88. The number of nitrogens with zero attached hydrogens (tertiary/aromatic N) is 3. The Bertz CT molecular complexity index is 1070. The summed E-state index contributed by atoms with van der Waals surface area (Å²) in [5.74, 6) is -1.02. The molecule has 1 aliphatic heterocycles. The Morgan fingerprint density at radius 2 is 1.75 bits per heavy atom. The van der Waals surface area contributed by atoms with E-state index in [0.717, 1.165) is 4.31 Å². The Kier molecular flexibility index (Phi) is 7.83. The molecule has 1 aliphatic rings. The fourth-order valence-corrected chi connectivity index (χ4v) is 4.53. The van der Waals surface area contributed by atoms with Crippen molar-refractivity contribution in [3.8, 4) is 0 Å². The lowest BCUT2D eigenvalue weighted by Gasteiger charge is -2.35. The van der Waals surface area contributed by atoms with Crippen molar-refractivity contribution in [3.05, 3.63) is 59.4 Å². The van der Waals surface area contributed by atoms with E-state index >= 15 is 0 Å². The Hall–Kier alpha value is -2.53. The fraction of sp³-hybridized carbons (Fsp3) is 0.333.